The first-order valence-corrected chi connectivity index (χ1v) is 18.9. The van der Waals surface area contributed by atoms with Gasteiger partial charge in [0, 0.05) is 26.4 Å². The van der Waals surface area contributed by atoms with Crippen molar-refractivity contribution in [3.63, 3.8) is 0 Å². The summed E-state index contributed by atoms with van der Waals surface area (Å²) in [5.74, 6) is 0. The molecule has 1 aliphatic rings. The van der Waals surface area contributed by atoms with Crippen LogP contribution in [0.5, 0.6) is 0 Å². The summed E-state index contributed by atoms with van der Waals surface area (Å²) in [5.41, 5.74) is 13.5. The molecule has 55 heavy (non-hydrogen) atoms. The van der Waals surface area contributed by atoms with Crippen molar-refractivity contribution in [1.82, 2.24) is 0 Å². The highest BCUT2D eigenvalue weighted by atomic mass is 15.1. The molecule has 260 valence electrons. The summed E-state index contributed by atoms with van der Waals surface area (Å²) >= 11 is 0. The van der Waals surface area contributed by atoms with E-state index < -0.39 is 12.3 Å². The molecular weight excluding hydrogens is 663 g/mol. The zero-order valence-electron chi connectivity index (χ0n) is 33.2. The predicted molar refractivity (Wildman–Crippen MR) is 232 cm³/mol. The zero-order valence-corrected chi connectivity index (χ0v) is 30.2. The highest BCUT2D eigenvalue weighted by molar-refractivity contribution is 6.11. The molecule has 0 heterocycles. The van der Waals surface area contributed by atoms with Gasteiger partial charge < -0.3 is 4.90 Å². The molecule has 0 radical (unpaired) electrons. The minimum atomic E-state index is -2.37. The van der Waals surface area contributed by atoms with Crippen molar-refractivity contribution in [1.29, 1.82) is 0 Å². The Morgan fingerprint density at radius 2 is 0.964 bits per heavy atom. The Hall–Kier alpha value is -6.96. The molecule has 0 aliphatic heterocycles. The lowest BCUT2D eigenvalue weighted by Crippen LogP contribution is -2.28. The zero-order chi connectivity index (χ0) is 39.3. The number of hydrogen-bond donors (Lipinski definition) is 0. The second-order valence-corrected chi connectivity index (χ2v) is 14.2. The Labute approximate surface area is 327 Å². The van der Waals surface area contributed by atoms with E-state index in [0.29, 0.717) is 11.3 Å². The Morgan fingerprint density at radius 1 is 0.436 bits per heavy atom. The van der Waals surface area contributed by atoms with Crippen LogP contribution in [0.25, 0.3) is 44.2 Å². The maximum Gasteiger partial charge on any atom is 0.0714 e. The monoisotopic (exact) mass is 704 g/mol. The van der Waals surface area contributed by atoms with Crippen molar-refractivity contribution in [3.8, 4) is 33.4 Å². The molecule has 0 aromatic heterocycles. The van der Waals surface area contributed by atoms with Crippen LogP contribution in [0, 0.1) is 6.85 Å². The first-order valence-electron chi connectivity index (χ1n) is 20.4. The summed E-state index contributed by atoms with van der Waals surface area (Å²) in [6, 6.07) is 76.3. The van der Waals surface area contributed by atoms with Crippen molar-refractivity contribution in [3.05, 3.63) is 246 Å². The van der Waals surface area contributed by atoms with Gasteiger partial charge in [0.25, 0.3) is 0 Å². The van der Waals surface area contributed by atoms with Gasteiger partial charge >= 0.3 is 0 Å². The number of nitrogens with zero attached hydrogens (tertiary/aromatic N) is 1. The SMILES string of the molecule is [2H]C([2H])([2H])c1ccccc1N(c1ccc(-c2ccccc2-c2ccccc2)cc1)c1c2c(cc3ccccc13)C(c1ccccc1)(c1ccccc1)c1ccccc1-2. The number of benzene rings is 9. The van der Waals surface area contributed by atoms with E-state index in [-0.39, 0.29) is 0 Å². The Kier molecular flexibility index (Phi) is 7.22. The summed E-state index contributed by atoms with van der Waals surface area (Å²) in [6.45, 7) is -2.37. The van der Waals surface area contributed by atoms with Gasteiger partial charge in [0.1, 0.15) is 0 Å². The number of rotatable bonds is 7. The second-order valence-electron chi connectivity index (χ2n) is 14.2. The van der Waals surface area contributed by atoms with Gasteiger partial charge in [0.2, 0.25) is 0 Å². The fraction of sp³-hybridized carbons (Fsp3) is 0.0370. The van der Waals surface area contributed by atoms with Crippen LogP contribution in [0.4, 0.5) is 17.1 Å². The molecule has 1 nitrogen and oxygen atoms in total. The minimum Gasteiger partial charge on any atom is -0.309 e. The van der Waals surface area contributed by atoms with E-state index in [4.69, 9.17) is 4.11 Å². The van der Waals surface area contributed by atoms with Crippen molar-refractivity contribution in [2.24, 2.45) is 0 Å². The number of aryl methyl sites for hydroxylation is 1. The van der Waals surface area contributed by atoms with E-state index in [1.54, 1.807) is 6.07 Å². The van der Waals surface area contributed by atoms with Gasteiger partial charge in [-0.3, -0.25) is 0 Å². The largest absolute Gasteiger partial charge is 0.309 e. The van der Waals surface area contributed by atoms with Crippen LogP contribution in [-0.2, 0) is 5.41 Å². The average molecular weight is 705 g/mol. The summed E-state index contributed by atoms with van der Waals surface area (Å²) in [7, 11) is 0. The van der Waals surface area contributed by atoms with Crippen molar-refractivity contribution in [2.45, 2.75) is 12.3 Å². The lowest BCUT2D eigenvalue weighted by molar-refractivity contribution is 0.769. The number of fused-ring (bicyclic) bond motifs is 4. The summed E-state index contributed by atoms with van der Waals surface area (Å²) in [4.78, 5) is 2.21. The van der Waals surface area contributed by atoms with Crippen LogP contribution < -0.4 is 4.90 Å². The lowest BCUT2D eigenvalue weighted by atomic mass is 9.67. The van der Waals surface area contributed by atoms with Gasteiger partial charge in [-0.25, -0.2) is 0 Å². The van der Waals surface area contributed by atoms with E-state index >= 15 is 0 Å². The molecule has 0 amide bonds. The number of anilines is 3. The lowest BCUT2D eigenvalue weighted by Gasteiger charge is -2.35. The van der Waals surface area contributed by atoms with Gasteiger partial charge in [-0.2, -0.15) is 0 Å². The van der Waals surface area contributed by atoms with Crippen LogP contribution in [-0.4, -0.2) is 0 Å². The van der Waals surface area contributed by atoms with Crippen LogP contribution in [0.3, 0.4) is 0 Å². The molecule has 0 saturated carbocycles. The molecule has 0 saturated heterocycles. The molecule has 0 N–H and O–H groups in total. The van der Waals surface area contributed by atoms with E-state index in [0.717, 1.165) is 61.1 Å². The third-order valence-electron chi connectivity index (χ3n) is 11.3. The molecule has 9 aromatic rings. The molecule has 0 atom stereocenters. The van der Waals surface area contributed by atoms with E-state index in [9.17, 15) is 0 Å². The maximum atomic E-state index is 8.81. The molecule has 1 heteroatoms. The van der Waals surface area contributed by atoms with E-state index in [1.165, 1.54) is 16.7 Å². The van der Waals surface area contributed by atoms with Gasteiger partial charge in [0.05, 0.1) is 11.1 Å². The minimum absolute atomic E-state index is 0.291. The van der Waals surface area contributed by atoms with Gasteiger partial charge in [-0.1, -0.05) is 194 Å². The third-order valence-corrected chi connectivity index (χ3v) is 11.3. The van der Waals surface area contributed by atoms with Crippen LogP contribution >= 0.6 is 0 Å². The number of para-hydroxylation sites is 1. The topological polar surface area (TPSA) is 3.24 Å². The third kappa shape index (κ3) is 5.23. The molecule has 0 unspecified atom stereocenters. The fourth-order valence-corrected chi connectivity index (χ4v) is 8.92. The first kappa shape index (κ1) is 29.5. The second kappa shape index (κ2) is 13.5. The summed E-state index contributed by atoms with van der Waals surface area (Å²) < 4.78 is 26.4. The highest BCUT2D eigenvalue weighted by Crippen LogP contribution is 2.61. The smallest absolute Gasteiger partial charge is 0.0714 e. The molecule has 0 bridgehead atoms. The van der Waals surface area contributed by atoms with Crippen molar-refractivity contribution >= 4 is 27.8 Å². The highest BCUT2D eigenvalue weighted by Gasteiger charge is 2.48. The molecule has 9 aromatic carbocycles. The van der Waals surface area contributed by atoms with Crippen LogP contribution in [0.1, 0.15) is 31.9 Å². The van der Waals surface area contributed by atoms with E-state index in [2.05, 4.69) is 193 Å². The molecular formula is C54H39N. The molecule has 10 rings (SSSR count). The van der Waals surface area contributed by atoms with Crippen molar-refractivity contribution in [2.75, 3.05) is 4.90 Å². The first-order chi connectivity index (χ1) is 28.4. The molecule has 0 fully saturated rings. The quantitative estimate of drug-likeness (QED) is 0.160. The Morgan fingerprint density at radius 3 is 1.64 bits per heavy atom. The fourth-order valence-electron chi connectivity index (χ4n) is 8.92. The normalized spacial score (nSPS) is 13.6. The summed E-state index contributed by atoms with van der Waals surface area (Å²) in [5, 5.41) is 2.11. The predicted octanol–water partition coefficient (Wildman–Crippen LogP) is 14.3. The van der Waals surface area contributed by atoms with Gasteiger partial charge in [-0.15, -0.1) is 0 Å². The van der Waals surface area contributed by atoms with Crippen molar-refractivity contribution < 1.29 is 4.11 Å². The standard InChI is InChI=1S/C54H39N/c1-38-19-11-18-32-51(38)55(44-35-33-40(34-36-44)46-28-15-14-27-45(46)39-20-5-2-6-21-39)53-47-29-13-12-22-41(47)37-50-52(53)48-30-16-17-31-49(48)54(50,42-23-7-3-8-24-42)43-25-9-4-10-26-43/h2-37H,1H3/i1D3. The van der Waals surface area contributed by atoms with E-state index in [1.807, 2.05) is 24.3 Å². The Balaban J connectivity index is 1.30. The van der Waals surface area contributed by atoms with Crippen LogP contribution in [0.15, 0.2) is 218 Å². The summed E-state index contributed by atoms with van der Waals surface area (Å²) in [6.07, 6.45) is 0. The number of hydrogen-bond acceptors (Lipinski definition) is 1. The molecule has 0 spiro atoms. The van der Waals surface area contributed by atoms with Crippen LogP contribution in [0.2, 0.25) is 0 Å². The van der Waals surface area contributed by atoms with Gasteiger partial charge in [0.15, 0.2) is 0 Å². The van der Waals surface area contributed by atoms with Gasteiger partial charge in [-0.05, 0) is 92.1 Å². The Bertz CT molecular complexity index is 2880. The average Bonchev–Trinajstić information content (AvgIpc) is 3.58. The molecule has 1 aliphatic carbocycles. The maximum absolute atomic E-state index is 8.81.